The molecular formula is C58H96Cl2N6O14S. The molecular weight excluding hydrogens is 1110 g/mol. The van der Waals surface area contributed by atoms with Crippen LogP contribution in [0.4, 0.5) is 4.79 Å². The number of carbonyl (C=O) groups excluding carboxylic acids is 3. The maximum Gasteiger partial charge on any atom is 0.315 e. The number of rotatable bonds is 49. The first kappa shape index (κ1) is 70.5. The number of carbonyl (C=O) groups is 3. The van der Waals surface area contributed by atoms with Crippen LogP contribution in [-0.4, -0.2) is 225 Å². The van der Waals surface area contributed by atoms with Gasteiger partial charge in [0.25, 0.3) is 0 Å². The molecule has 0 bridgehead atoms. The molecule has 3 saturated heterocycles. The smallest absolute Gasteiger partial charge is 0.315 e. The minimum atomic E-state index is -0.0629. The maximum absolute atomic E-state index is 12.5. The highest BCUT2D eigenvalue weighted by atomic mass is 35.5. The van der Waals surface area contributed by atoms with Crippen LogP contribution in [0.5, 0.6) is 0 Å². The van der Waals surface area contributed by atoms with Crippen LogP contribution in [0.2, 0.25) is 0 Å². The summed E-state index contributed by atoms with van der Waals surface area (Å²) in [4.78, 5) is 36.1. The van der Waals surface area contributed by atoms with Crippen molar-refractivity contribution in [2.45, 2.75) is 87.1 Å². The third-order valence-corrected chi connectivity index (χ3v) is 15.6. The van der Waals surface area contributed by atoms with Gasteiger partial charge in [0.05, 0.1) is 157 Å². The lowest BCUT2D eigenvalue weighted by Crippen LogP contribution is -2.36. The van der Waals surface area contributed by atoms with Gasteiger partial charge in [0.1, 0.15) is 0 Å². The highest BCUT2D eigenvalue weighted by Crippen LogP contribution is 2.41. The highest BCUT2D eigenvalue weighted by Gasteiger charge is 2.42. The molecule has 4 aliphatic rings. The number of halogens is 2. The predicted molar refractivity (Wildman–Crippen MR) is 318 cm³/mol. The summed E-state index contributed by atoms with van der Waals surface area (Å²) < 4.78 is 61.0. The molecule has 2 aromatic carbocycles. The van der Waals surface area contributed by atoms with Gasteiger partial charge in [-0.15, -0.1) is 24.8 Å². The van der Waals surface area contributed by atoms with Gasteiger partial charge in [-0.2, -0.15) is 11.8 Å². The van der Waals surface area contributed by atoms with E-state index < -0.39 is 0 Å². The SMILES string of the molecule is Cl.Cl.O=C(CCCC[C@@H]1SC[C@@H]2NC(=O)N[C@@H]21)NCCOCCOCCOCCOCCOCCOCCOCCOCCOCCOCCOCCNC(=O)CCc1cccc(-c2ccc([C@@H]3C[C@H]3NCC3CCNCC3)cc2)c1. The molecule has 6 N–H and O–H groups in total. The Hall–Kier alpha value is -2.94. The largest absolute Gasteiger partial charge is 0.377 e. The summed E-state index contributed by atoms with van der Waals surface area (Å²) in [6, 6.07) is 18.6. The van der Waals surface area contributed by atoms with Crippen molar-refractivity contribution in [1.82, 2.24) is 31.9 Å². The molecule has 20 nitrogen and oxygen atoms in total. The third-order valence-electron chi connectivity index (χ3n) is 14.1. The van der Waals surface area contributed by atoms with Crippen molar-refractivity contribution in [3.63, 3.8) is 0 Å². The quantitative estimate of drug-likeness (QED) is 0.0390. The van der Waals surface area contributed by atoms with Crippen molar-refractivity contribution in [2.75, 3.05) is 184 Å². The van der Waals surface area contributed by atoms with Crippen LogP contribution in [0.15, 0.2) is 48.5 Å². The zero-order chi connectivity index (χ0) is 55.1. The van der Waals surface area contributed by atoms with Crippen molar-refractivity contribution in [2.24, 2.45) is 5.92 Å². The van der Waals surface area contributed by atoms with E-state index in [0.29, 0.717) is 195 Å². The summed E-state index contributed by atoms with van der Waals surface area (Å²) in [5, 5.41) is 19.5. The van der Waals surface area contributed by atoms with Gasteiger partial charge >= 0.3 is 6.03 Å². The van der Waals surface area contributed by atoms with Gasteiger partial charge in [0.2, 0.25) is 11.8 Å². The minimum absolute atomic E-state index is 0. The molecule has 0 unspecified atom stereocenters. The molecule has 4 fully saturated rings. The van der Waals surface area contributed by atoms with Gasteiger partial charge in [-0.3, -0.25) is 9.59 Å². The zero-order valence-electron chi connectivity index (χ0n) is 47.7. The number of unbranched alkanes of at least 4 members (excludes halogenated alkanes) is 1. The fourth-order valence-corrected chi connectivity index (χ4v) is 11.1. The number of aryl methyl sites for hydroxylation is 1. The first-order chi connectivity index (χ1) is 39.0. The van der Waals surface area contributed by atoms with Gasteiger partial charge in [0.15, 0.2) is 0 Å². The molecule has 3 heterocycles. The van der Waals surface area contributed by atoms with E-state index >= 15 is 0 Å². The monoisotopic (exact) mass is 1200 g/mol. The lowest BCUT2D eigenvalue weighted by Gasteiger charge is -2.22. The second-order valence-electron chi connectivity index (χ2n) is 20.2. The number of hydrogen-bond donors (Lipinski definition) is 6. The first-order valence-corrected chi connectivity index (χ1v) is 30.3. The number of nitrogens with one attached hydrogen (secondary N) is 6. The average Bonchev–Trinajstić information content (AvgIpc) is 4.12. The van der Waals surface area contributed by atoms with E-state index in [1.165, 1.54) is 36.0 Å². The van der Waals surface area contributed by atoms with E-state index in [0.717, 1.165) is 56.1 Å². The van der Waals surface area contributed by atoms with Crippen LogP contribution >= 0.6 is 36.6 Å². The Kier molecular flexibility index (Phi) is 39.6. The molecule has 0 radical (unpaired) electrons. The number of thioether (sulfide) groups is 1. The maximum atomic E-state index is 12.5. The molecule has 1 aliphatic carbocycles. The number of ether oxygens (including phenoxy) is 11. The second-order valence-corrected chi connectivity index (χ2v) is 21.4. The molecule has 23 heteroatoms. The van der Waals surface area contributed by atoms with Gasteiger partial charge in [-0.25, -0.2) is 4.79 Å². The molecule has 1 saturated carbocycles. The molecule has 3 aliphatic heterocycles. The number of amides is 4. The summed E-state index contributed by atoms with van der Waals surface area (Å²) in [6.07, 6.45) is 8.23. The Balaban J connectivity index is 0.00000706. The van der Waals surface area contributed by atoms with Crippen LogP contribution in [0.1, 0.15) is 68.4 Å². The Morgan fingerprint density at radius 3 is 1.54 bits per heavy atom. The summed E-state index contributed by atoms with van der Waals surface area (Å²) in [6.45, 7) is 14.7. The van der Waals surface area contributed by atoms with E-state index in [-0.39, 0.29) is 54.7 Å². The fourth-order valence-electron chi connectivity index (χ4n) is 9.56. The predicted octanol–water partition coefficient (Wildman–Crippen LogP) is 4.72. The number of piperidine rings is 1. The van der Waals surface area contributed by atoms with Crippen LogP contribution in [0.25, 0.3) is 11.1 Å². The molecule has 5 atom stereocenters. The van der Waals surface area contributed by atoms with E-state index in [1.54, 1.807) is 0 Å². The molecule has 2 aromatic rings. The standard InChI is InChI=1S/C58H94N6O14S.2ClH/c65-55(7-2-1-6-54-57-53(45-79-54)63-58(67)64-57)60-18-20-68-22-24-70-26-28-72-30-32-74-34-36-76-38-40-78-41-39-77-37-35-75-33-31-73-29-27-71-25-23-69-21-19-61-56(66)13-8-46-4-3-5-50(42-46)48-9-11-49(12-10-48)51-43-52(51)62-44-47-14-16-59-17-15-47;;/h3-5,9-12,42,47,51-54,57,59,62H,1-2,6-8,13-41,43-45H2,(H,60,65)(H,61,66)(H2,63,64,67);2*1H/t51-,52+,53-,54-,57-;;/m0../s1. The summed E-state index contributed by atoms with van der Waals surface area (Å²) in [7, 11) is 0. The Morgan fingerprint density at radius 2 is 1.04 bits per heavy atom. The number of benzene rings is 2. The third kappa shape index (κ3) is 31.7. The van der Waals surface area contributed by atoms with E-state index in [2.05, 4.69) is 80.4 Å². The van der Waals surface area contributed by atoms with Gasteiger partial charge < -0.3 is 84.0 Å². The van der Waals surface area contributed by atoms with E-state index in [9.17, 15) is 14.4 Å². The number of fused-ring (bicyclic) bond motifs is 1. The molecule has 0 aromatic heterocycles. The van der Waals surface area contributed by atoms with Crippen LogP contribution < -0.4 is 31.9 Å². The van der Waals surface area contributed by atoms with Crippen molar-refractivity contribution < 1.29 is 66.5 Å². The van der Waals surface area contributed by atoms with Crippen molar-refractivity contribution in [3.8, 4) is 11.1 Å². The van der Waals surface area contributed by atoms with Crippen LogP contribution in [-0.2, 0) is 68.1 Å². The lowest BCUT2D eigenvalue weighted by atomic mass is 9.98. The van der Waals surface area contributed by atoms with Gasteiger partial charge in [-0.05, 0) is 86.3 Å². The van der Waals surface area contributed by atoms with Crippen LogP contribution in [0, 0.1) is 5.92 Å². The Labute approximate surface area is 498 Å². The first-order valence-electron chi connectivity index (χ1n) is 29.2. The summed E-state index contributed by atoms with van der Waals surface area (Å²) in [5.74, 6) is 2.45. The molecule has 4 amide bonds. The van der Waals surface area contributed by atoms with Crippen molar-refractivity contribution in [3.05, 3.63) is 59.7 Å². The normalized spacial score (nSPS) is 19.3. The zero-order valence-corrected chi connectivity index (χ0v) is 50.1. The lowest BCUT2D eigenvalue weighted by molar-refractivity contribution is -0.122. The summed E-state index contributed by atoms with van der Waals surface area (Å²) >= 11 is 1.90. The van der Waals surface area contributed by atoms with Crippen molar-refractivity contribution in [1.29, 1.82) is 0 Å². The fraction of sp³-hybridized carbons (Fsp3) is 0.741. The van der Waals surface area contributed by atoms with Gasteiger partial charge in [0, 0.05) is 48.9 Å². The molecule has 81 heavy (non-hydrogen) atoms. The van der Waals surface area contributed by atoms with E-state index in [4.69, 9.17) is 52.1 Å². The number of hydrogen-bond acceptors (Lipinski definition) is 17. The molecule has 0 spiro atoms. The minimum Gasteiger partial charge on any atom is -0.377 e. The highest BCUT2D eigenvalue weighted by molar-refractivity contribution is 8.00. The van der Waals surface area contributed by atoms with Crippen LogP contribution in [0.3, 0.4) is 0 Å². The second kappa shape index (κ2) is 45.4. The Bertz CT molecular complexity index is 1940. The Morgan fingerprint density at radius 1 is 0.556 bits per heavy atom. The topological polar surface area (TPSA) is 225 Å². The van der Waals surface area contributed by atoms with E-state index in [1.807, 2.05) is 11.8 Å². The number of urea groups is 1. The van der Waals surface area contributed by atoms with Crippen molar-refractivity contribution >= 4 is 54.4 Å². The summed E-state index contributed by atoms with van der Waals surface area (Å²) in [5.41, 5.74) is 4.96. The average molecular weight is 1200 g/mol. The molecule has 462 valence electrons. The van der Waals surface area contributed by atoms with Gasteiger partial charge in [-0.1, -0.05) is 55.0 Å². The molecule has 6 rings (SSSR count).